The predicted molar refractivity (Wildman–Crippen MR) is 116 cm³/mol. The van der Waals surface area contributed by atoms with Crippen molar-refractivity contribution in [2.75, 3.05) is 5.32 Å². The SMILES string of the molecule is CC(OC(=O)c1ccccc1C(=O)c1ccccc1)C(=O)Nc1ccc(C#N)c(Cl)c1. The first kappa shape index (κ1) is 21.8. The number of rotatable bonds is 6. The van der Waals surface area contributed by atoms with Crippen molar-refractivity contribution in [2.45, 2.75) is 13.0 Å². The molecule has 0 bridgehead atoms. The fourth-order valence-corrected chi connectivity index (χ4v) is 3.03. The number of nitrogens with one attached hydrogen (secondary N) is 1. The lowest BCUT2D eigenvalue weighted by atomic mass is 9.98. The minimum Gasteiger partial charge on any atom is -0.449 e. The average molecular weight is 433 g/mol. The molecule has 1 amide bonds. The molecule has 0 saturated heterocycles. The zero-order valence-electron chi connectivity index (χ0n) is 16.5. The van der Waals surface area contributed by atoms with E-state index < -0.39 is 18.0 Å². The lowest BCUT2D eigenvalue weighted by Gasteiger charge is -2.15. The van der Waals surface area contributed by atoms with Crippen LogP contribution in [0.15, 0.2) is 72.8 Å². The van der Waals surface area contributed by atoms with Crippen LogP contribution >= 0.6 is 11.6 Å². The molecule has 1 unspecified atom stereocenters. The summed E-state index contributed by atoms with van der Waals surface area (Å²) in [6, 6.07) is 21.2. The van der Waals surface area contributed by atoms with Gasteiger partial charge in [-0.25, -0.2) is 4.79 Å². The molecule has 6 nitrogen and oxygen atoms in total. The number of ether oxygens (including phenoxy) is 1. The number of nitriles is 1. The molecule has 3 aromatic carbocycles. The van der Waals surface area contributed by atoms with Gasteiger partial charge in [-0.05, 0) is 31.2 Å². The van der Waals surface area contributed by atoms with E-state index in [-0.39, 0.29) is 27.5 Å². The molecule has 0 saturated carbocycles. The van der Waals surface area contributed by atoms with Crippen LogP contribution in [0.4, 0.5) is 5.69 Å². The number of ketones is 1. The second kappa shape index (κ2) is 9.70. The van der Waals surface area contributed by atoms with Crippen molar-refractivity contribution >= 4 is 34.9 Å². The van der Waals surface area contributed by atoms with E-state index in [0.717, 1.165) is 0 Å². The number of halogens is 1. The highest BCUT2D eigenvalue weighted by Gasteiger charge is 2.23. The van der Waals surface area contributed by atoms with E-state index in [4.69, 9.17) is 21.6 Å². The quantitative estimate of drug-likeness (QED) is 0.452. The first-order valence-electron chi connectivity index (χ1n) is 9.31. The van der Waals surface area contributed by atoms with Crippen LogP contribution in [-0.4, -0.2) is 23.8 Å². The smallest absolute Gasteiger partial charge is 0.339 e. The number of carbonyl (C=O) groups is 3. The monoisotopic (exact) mass is 432 g/mol. The van der Waals surface area contributed by atoms with Gasteiger partial charge in [-0.2, -0.15) is 5.26 Å². The van der Waals surface area contributed by atoms with E-state index in [1.54, 1.807) is 42.5 Å². The third-order valence-corrected chi connectivity index (χ3v) is 4.75. The summed E-state index contributed by atoms with van der Waals surface area (Å²) >= 11 is 5.96. The van der Waals surface area contributed by atoms with E-state index in [0.29, 0.717) is 11.3 Å². The predicted octanol–water partition coefficient (Wildman–Crippen LogP) is 4.63. The number of hydrogen-bond acceptors (Lipinski definition) is 5. The van der Waals surface area contributed by atoms with Crippen LogP contribution in [0.3, 0.4) is 0 Å². The number of esters is 1. The summed E-state index contributed by atoms with van der Waals surface area (Å²) < 4.78 is 5.28. The number of carbonyl (C=O) groups excluding carboxylic acids is 3. The van der Waals surface area contributed by atoms with Gasteiger partial charge in [0.2, 0.25) is 0 Å². The molecule has 0 aliphatic carbocycles. The Labute approximate surface area is 184 Å². The van der Waals surface area contributed by atoms with Gasteiger partial charge in [-0.3, -0.25) is 9.59 Å². The second-order valence-corrected chi connectivity index (χ2v) is 6.99. The fourth-order valence-electron chi connectivity index (χ4n) is 2.81. The first-order valence-corrected chi connectivity index (χ1v) is 9.68. The van der Waals surface area contributed by atoms with Crippen LogP contribution in [0.2, 0.25) is 5.02 Å². The van der Waals surface area contributed by atoms with Crippen molar-refractivity contribution in [3.8, 4) is 6.07 Å². The zero-order valence-corrected chi connectivity index (χ0v) is 17.2. The summed E-state index contributed by atoms with van der Waals surface area (Å²) in [7, 11) is 0. The first-order chi connectivity index (χ1) is 14.9. The summed E-state index contributed by atoms with van der Waals surface area (Å²) in [5.74, 6) is -1.70. The summed E-state index contributed by atoms with van der Waals surface area (Å²) in [5.41, 5.74) is 1.32. The third-order valence-electron chi connectivity index (χ3n) is 4.44. The van der Waals surface area contributed by atoms with E-state index in [1.165, 1.54) is 37.3 Å². The Bertz CT molecular complexity index is 1190. The van der Waals surface area contributed by atoms with Gasteiger partial charge in [-0.1, -0.05) is 60.1 Å². The molecule has 0 aromatic heterocycles. The molecule has 154 valence electrons. The Kier molecular flexibility index (Phi) is 6.81. The van der Waals surface area contributed by atoms with Gasteiger partial charge >= 0.3 is 5.97 Å². The van der Waals surface area contributed by atoms with Gasteiger partial charge in [0.05, 0.1) is 16.1 Å². The third kappa shape index (κ3) is 5.16. The van der Waals surface area contributed by atoms with E-state index >= 15 is 0 Å². The number of nitrogens with zero attached hydrogens (tertiary/aromatic N) is 1. The number of amides is 1. The average Bonchev–Trinajstić information content (AvgIpc) is 2.79. The van der Waals surface area contributed by atoms with Gasteiger partial charge < -0.3 is 10.1 Å². The minimum absolute atomic E-state index is 0.0671. The van der Waals surface area contributed by atoms with Gasteiger partial charge in [-0.15, -0.1) is 0 Å². The number of benzene rings is 3. The molecule has 0 aliphatic rings. The lowest BCUT2D eigenvalue weighted by molar-refractivity contribution is -0.123. The highest BCUT2D eigenvalue weighted by atomic mass is 35.5. The van der Waals surface area contributed by atoms with Gasteiger partial charge in [0, 0.05) is 16.8 Å². The highest BCUT2D eigenvalue weighted by Crippen LogP contribution is 2.21. The Balaban J connectivity index is 1.73. The van der Waals surface area contributed by atoms with Crippen molar-refractivity contribution in [1.29, 1.82) is 5.26 Å². The fraction of sp³-hybridized carbons (Fsp3) is 0.0833. The van der Waals surface area contributed by atoms with Crippen LogP contribution in [0.1, 0.15) is 38.8 Å². The van der Waals surface area contributed by atoms with Gasteiger partial charge in [0.1, 0.15) is 6.07 Å². The number of anilines is 1. The summed E-state index contributed by atoms with van der Waals surface area (Å²) in [6.07, 6.45) is -1.14. The molecule has 3 aromatic rings. The molecule has 0 spiro atoms. The normalized spacial score (nSPS) is 11.1. The van der Waals surface area contributed by atoms with E-state index in [2.05, 4.69) is 5.32 Å². The standard InChI is InChI=1S/C24H17ClN2O4/c1-15(23(29)27-18-12-11-17(14-26)21(25)13-18)31-24(30)20-10-6-5-9-19(20)22(28)16-7-3-2-4-8-16/h2-13,15H,1H3,(H,27,29). The molecular formula is C24H17ClN2O4. The van der Waals surface area contributed by atoms with Crippen LogP contribution in [0.25, 0.3) is 0 Å². The zero-order chi connectivity index (χ0) is 22.4. The molecule has 0 aliphatic heterocycles. The van der Waals surface area contributed by atoms with Crippen LogP contribution in [-0.2, 0) is 9.53 Å². The molecule has 7 heteroatoms. The van der Waals surface area contributed by atoms with Crippen LogP contribution in [0.5, 0.6) is 0 Å². The second-order valence-electron chi connectivity index (χ2n) is 6.58. The Morgan fingerprint density at radius 1 is 0.968 bits per heavy atom. The lowest BCUT2D eigenvalue weighted by Crippen LogP contribution is -2.30. The van der Waals surface area contributed by atoms with Crippen molar-refractivity contribution in [1.82, 2.24) is 0 Å². The Morgan fingerprint density at radius 3 is 2.26 bits per heavy atom. The Morgan fingerprint density at radius 2 is 1.61 bits per heavy atom. The van der Waals surface area contributed by atoms with Gasteiger partial charge in [0.15, 0.2) is 11.9 Å². The largest absolute Gasteiger partial charge is 0.449 e. The summed E-state index contributed by atoms with van der Waals surface area (Å²) in [4.78, 5) is 37.9. The molecule has 1 N–H and O–H groups in total. The maximum Gasteiger partial charge on any atom is 0.339 e. The van der Waals surface area contributed by atoms with Crippen molar-refractivity contribution in [3.05, 3.63) is 100 Å². The van der Waals surface area contributed by atoms with E-state index in [9.17, 15) is 14.4 Å². The maximum absolute atomic E-state index is 12.8. The van der Waals surface area contributed by atoms with Gasteiger partial charge in [0.25, 0.3) is 5.91 Å². The van der Waals surface area contributed by atoms with Crippen molar-refractivity contribution < 1.29 is 19.1 Å². The van der Waals surface area contributed by atoms with Crippen molar-refractivity contribution in [2.24, 2.45) is 0 Å². The molecular weight excluding hydrogens is 416 g/mol. The topological polar surface area (TPSA) is 96.3 Å². The van der Waals surface area contributed by atoms with Crippen LogP contribution in [0, 0.1) is 11.3 Å². The summed E-state index contributed by atoms with van der Waals surface area (Å²) in [6.45, 7) is 1.42. The minimum atomic E-state index is -1.14. The Hall–Kier alpha value is -3.95. The molecule has 31 heavy (non-hydrogen) atoms. The highest BCUT2D eigenvalue weighted by molar-refractivity contribution is 6.32. The molecule has 0 radical (unpaired) electrons. The number of hydrogen-bond donors (Lipinski definition) is 1. The molecule has 0 heterocycles. The van der Waals surface area contributed by atoms with Crippen LogP contribution < -0.4 is 5.32 Å². The maximum atomic E-state index is 12.8. The van der Waals surface area contributed by atoms with Crippen molar-refractivity contribution in [3.63, 3.8) is 0 Å². The van der Waals surface area contributed by atoms with E-state index in [1.807, 2.05) is 6.07 Å². The molecule has 0 fully saturated rings. The molecule has 1 atom stereocenters. The summed E-state index contributed by atoms with van der Waals surface area (Å²) in [5, 5.41) is 11.7. The molecule has 3 rings (SSSR count).